The first kappa shape index (κ1) is 50.4. The highest BCUT2D eigenvalue weighted by Crippen LogP contribution is 2.43. The molecule has 11 nitrogen and oxygen atoms in total. The topological polar surface area (TPSA) is 169 Å². The van der Waals surface area contributed by atoms with E-state index in [0.717, 1.165) is 63.7 Å². The van der Waals surface area contributed by atoms with Crippen molar-refractivity contribution in [1.82, 2.24) is 0 Å². The minimum Gasteiger partial charge on any atom is -0.462 e. The van der Waals surface area contributed by atoms with Crippen molar-refractivity contribution in [3.8, 4) is 0 Å². The number of hydrogen-bond donors (Lipinski definition) is 4. The summed E-state index contributed by atoms with van der Waals surface area (Å²) in [6.07, 6.45) is 33.7. The molecule has 0 heterocycles. The molecular formula is C41H69O11P. The van der Waals surface area contributed by atoms with Crippen molar-refractivity contribution < 1.29 is 52.9 Å². The molecule has 0 aromatic carbocycles. The van der Waals surface area contributed by atoms with Gasteiger partial charge in [-0.05, 0) is 50.9 Å². The maximum absolute atomic E-state index is 12.5. The Kier molecular flexibility index (Phi) is 33.4. The number of esters is 2. The zero-order chi connectivity index (χ0) is 39.4. The summed E-state index contributed by atoms with van der Waals surface area (Å²) in [7, 11) is -4.67. The number of carbonyl (C=O) groups excluding carboxylic acids is 2. The van der Waals surface area contributed by atoms with Crippen LogP contribution >= 0.6 is 7.82 Å². The van der Waals surface area contributed by atoms with E-state index in [1.165, 1.54) is 19.3 Å². The van der Waals surface area contributed by atoms with Gasteiger partial charge in [0.1, 0.15) is 12.7 Å². The molecular weight excluding hydrogens is 699 g/mol. The molecule has 304 valence electrons. The molecule has 5 atom stereocenters. The van der Waals surface area contributed by atoms with Crippen molar-refractivity contribution in [3.05, 3.63) is 72.9 Å². The molecule has 0 radical (unpaired) electrons. The van der Waals surface area contributed by atoms with E-state index >= 15 is 0 Å². The van der Waals surface area contributed by atoms with E-state index in [-0.39, 0.29) is 19.3 Å². The number of ether oxygens (including phenoxy) is 2. The van der Waals surface area contributed by atoms with Gasteiger partial charge in [-0.25, -0.2) is 4.57 Å². The summed E-state index contributed by atoms with van der Waals surface area (Å²) in [6, 6.07) is 0. The second-order valence-electron chi connectivity index (χ2n) is 13.0. The van der Waals surface area contributed by atoms with Crippen molar-refractivity contribution in [3.63, 3.8) is 0 Å². The van der Waals surface area contributed by atoms with Crippen LogP contribution in [0.1, 0.15) is 124 Å². The molecule has 0 fully saturated rings. The van der Waals surface area contributed by atoms with Crippen molar-refractivity contribution in [2.24, 2.45) is 5.92 Å². The Morgan fingerprint density at radius 3 is 1.85 bits per heavy atom. The van der Waals surface area contributed by atoms with E-state index in [1.54, 1.807) is 12.2 Å². The van der Waals surface area contributed by atoms with Gasteiger partial charge in [0.05, 0.1) is 25.9 Å². The molecule has 0 aliphatic heterocycles. The minimum atomic E-state index is -4.67. The number of phosphoric ester groups is 1. The van der Waals surface area contributed by atoms with Gasteiger partial charge in [0.25, 0.3) is 0 Å². The Morgan fingerprint density at radius 2 is 1.25 bits per heavy atom. The van der Waals surface area contributed by atoms with E-state index in [4.69, 9.17) is 19.1 Å². The largest absolute Gasteiger partial charge is 0.472 e. The van der Waals surface area contributed by atoms with Gasteiger partial charge in [0, 0.05) is 12.8 Å². The van der Waals surface area contributed by atoms with Crippen LogP contribution in [0.4, 0.5) is 0 Å². The van der Waals surface area contributed by atoms with Crippen LogP contribution in [0, 0.1) is 5.92 Å². The van der Waals surface area contributed by atoms with Crippen LogP contribution in [0.5, 0.6) is 0 Å². The van der Waals surface area contributed by atoms with Gasteiger partial charge in [0.2, 0.25) is 0 Å². The van der Waals surface area contributed by atoms with Crippen LogP contribution < -0.4 is 0 Å². The molecule has 53 heavy (non-hydrogen) atoms. The Hall–Kier alpha value is -2.63. The molecule has 0 bridgehead atoms. The van der Waals surface area contributed by atoms with Gasteiger partial charge in [0.15, 0.2) is 6.10 Å². The first-order valence-electron chi connectivity index (χ1n) is 19.4. The molecule has 0 amide bonds. The van der Waals surface area contributed by atoms with Gasteiger partial charge in [-0.15, -0.1) is 0 Å². The Morgan fingerprint density at radius 1 is 0.679 bits per heavy atom. The summed E-state index contributed by atoms with van der Waals surface area (Å²) in [5, 5.41) is 28.5. The Balaban J connectivity index is 4.61. The summed E-state index contributed by atoms with van der Waals surface area (Å²) in [5.74, 6) is -0.475. The van der Waals surface area contributed by atoms with Crippen LogP contribution in [0.2, 0.25) is 0 Å². The van der Waals surface area contributed by atoms with E-state index < -0.39 is 64.5 Å². The number of phosphoric acid groups is 1. The highest BCUT2D eigenvalue weighted by Gasteiger charge is 2.27. The summed E-state index contributed by atoms with van der Waals surface area (Å²) in [4.78, 5) is 34.8. The number of allylic oxidation sites excluding steroid dienone is 11. The molecule has 0 saturated heterocycles. The lowest BCUT2D eigenvalue weighted by Gasteiger charge is -2.20. The molecule has 0 saturated carbocycles. The highest BCUT2D eigenvalue weighted by atomic mass is 31.2. The Bertz CT molecular complexity index is 1140. The number of aliphatic hydroxyl groups is 3. The van der Waals surface area contributed by atoms with Crippen molar-refractivity contribution in [2.75, 3.05) is 26.4 Å². The SMILES string of the molecule is CC/C=C\C/C=C\C/C=C\C/C=C\C/C=C\C=C/C(O)CCC(=O)OC[C@H](COP(=O)(O)OC[C@@H](O)CO)OC(=O)CCCCCCCCC(C)CC. The number of unbranched alkanes of at least 4 members (excludes halogenated alkanes) is 5. The van der Waals surface area contributed by atoms with E-state index in [9.17, 15) is 29.3 Å². The lowest BCUT2D eigenvalue weighted by Crippen LogP contribution is -2.30. The van der Waals surface area contributed by atoms with Crippen LogP contribution in [-0.2, 0) is 32.7 Å². The first-order chi connectivity index (χ1) is 25.5. The van der Waals surface area contributed by atoms with Crippen molar-refractivity contribution in [2.45, 2.75) is 142 Å². The molecule has 4 N–H and O–H groups in total. The average molecular weight is 769 g/mol. The van der Waals surface area contributed by atoms with Crippen LogP contribution in [0.25, 0.3) is 0 Å². The van der Waals surface area contributed by atoms with Gasteiger partial charge < -0.3 is 29.7 Å². The first-order valence-corrected chi connectivity index (χ1v) is 20.9. The Labute approximate surface area is 319 Å². The zero-order valence-corrected chi connectivity index (χ0v) is 33.4. The molecule has 12 heteroatoms. The molecule has 0 aliphatic carbocycles. The average Bonchev–Trinajstić information content (AvgIpc) is 3.14. The summed E-state index contributed by atoms with van der Waals surface area (Å²) in [5.41, 5.74) is 0. The van der Waals surface area contributed by atoms with Crippen molar-refractivity contribution >= 4 is 19.8 Å². The summed E-state index contributed by atoms with van der Waals surface area (Å²) < 4.78 is 32.4. The van der Waals surface area contributed by atoms with Crippen LogP contribution in [0.3, 0.4) is 0 Å². The predicted molar refractivity (Wildman–Crippen MR) is 211 cm³/mol. The second-order valence-corrected chi connectivity index (χ2v) is 14.5. The van der Waals surface area contributed by atoms with Crippen molar-refractivity contribution in [1.29, 1.82) is 0 Å². The van der Waals surface area contributed by atoms with Crippen LogP contribution in [0.15, 0.2) is 72.9 Å². The second kappa shape index (κ2) is 35.1. The third kappa shape index (κ3) is 34.9. The molecule has 0 aromatic heterocycles. The molecule has 0 spiro atoms. The van der Waals surface area contributed by atoms with E-state index in [0.29, 0.717) is 6.42 Å². The summed E-state index contributed by atoms with van der Waals surface area (Å²) in [6.45, 7) is 4.20. The smallest absolute Gasteiger partial charge is 0.462 e. The lowest BCUT2D eigenvalue weighted by atomic mass is 10.00. The molecule has 0 aromatic rings. The predicted octanol–water partition coefficient (Wildman–Crippen LogP) is 8.54. The fourth-order valence-electron chi connectivity index (χ4n) is 4.61. The monoisotopic (exact) mass is 768 g/mol. The lowest BCUT2D eigenvalue weighted by molar-refractivity contribution is -0.161. The molecule has 0 rings (SSSR count). The number of aliphatic hydroxyl groups excluding tert-OH is 3. The summed E-state index contributed by atoms with van der Waals surface area (Å²) >= 11 is 0. The van der Waals surface area contributed by atoms with Gasteiger partial charge in [-0.1, -0.05) is 139 Å². The van der Waals surface area contributed by atoms with Crippen LogP contribution in [-0.4, -0.2) is 76.9 Å². The zero-order valence-electron chi connectivity index (χ0n) is 32.5. The third-order valence-electron chi connectivity index (χ3n) is 8.03. The maximum atomic E-state index is 12.5. The standard InChI is InChI=1S/C41H69O11P/c1-4-6-7-8-9-10-11-12-13-14-15-16-17-18-22-25-28-37(43)30-31-40(45)49-34-39(35-51-53(47,48)50-33-38(44)32-42)52-41(46)29-26-23-20-19-21-24-27-36(3)5-2/h6-7,9-10,12-13,15-16,18,22,25,28,36-39,42-44H,4-5,8,11,14,17,19-21,23-24,26-27,29-35H2,1-3H3,(H,47,48)/b7-6-,10-9-,13-12-,16-15-,22-18-,28-25-/t36?,37?,38-,39+/m0/s1. The third-order valence-corrected chi connectivity index (χ3v) is 8.98. The van der Waals surface area contributed by atoms with E-state index in [1.807, 2.05) is 12.2 Å². The minimum absolute atomic E-state index is 0.103. The molecule has 0 aliphatic rings. The number of hydrogen-bond acceptors (Lipinski definition) is 10. The quantitative estimate of drug-likeness (QED) is 0.0163. The van der Waals surface area contributed by atoms with Gasteiger partial charge >= 0.3 is 19.8 Å². The fourth-order valence-corrected chi connectivity index (χ4v) is 5.40. The fraction of sp³-hybridized carbons (Fsp3) is 0.659. The number of carbonyl (C=O) groups is 2. The normalized spacial score (nSPS) is 16.0. The molecule has 3 unspecified atom stereocenters. The number of rotatable bonds is 34. The maximum Gasteiger partial charge on any atom is 0.472 e. The van der Waals surface area contributed by atoms with Gasteiger partial charge in [-0.2, -0.15) is 0 Å². The van der Waals surface area contributed by atoms with Gasteiger partial charge in [-0.3, -0.25) is 18.6 Å². The van der Waals surface area contributed by atoms with E-state index in [2.05, 4.69) is 73.9 Å². The highest BCUT2D eigenvalue weighted by molar-refractivity contribution is 7.47.